The van der Waals surface area contributed by atoms with Crippen LogP contribution in [0.2, 0.25) is 0 Å². The topological polar surface area (TPSA) is 75.6 Å². The Kier molecular flexibility index (Phi) is 5.12. The van der Waals surface area contributed by atoms with E-state index in [-0.39, 0.29) is 17.0 Å². The van der Waals surface area contributed by atoms with Gasteiger partial charge in [-0.2, -0.15) is 0 Å². The highest BCUT2D eigenvalue weighted by molar-refractivity contribution is 6.08. The molecule has 0 saturated heterocycles. The largest absolute Gasteiger partial charge is 0.478 e. The Balaban J connectivity index is 1.94. The molecule has 0 saturated carbocycles. The second kappa shape index (κ2) is 7.65. The van der Waals surface area contributed by atoms with Gasteiger partial charge in [-0.3, -0.25) is 4.79 Å². The molecule has 0 bridgehead atoms. The van der Waals surface area contributed by atoms with E-state index in [1.165, 1.54) is 18.2 Å². The number of halogens is 2. The molecule has 0 radical (unpaired) electrons. The van der Waals surface area contributed by atoms with Gasteiger partial charge in [0.15, 0.2) is 0 Å². The molecule has 0 aliphatic carbocycles. The smallest absolute Gasteiger partial charge is 0.337 e. The number of rotatable bonds is 5. The van der Waals surface area contributed by atoms with Gasteiger partial charge in [0.1, 0.15) is 28.7 Å². The highest BCUT2D eigenvalue weighted by Gasteiger charge is 2.20. The van der Waals surface area contributed by atoms with Crippen molar-refractivity contribution in [1.82, 2.24) is 0 Å². The number of ether oxygens (including phenoxy) is 1. The number of nitrogens with one attached hydrogen (secondary N) is 1. The van der Waals surface area contributed by atoms with Gasteiger partial charge in [0.2, 0.25) is 0 Å². The lowest BCUT2D eigenvalue weighted by Gasteiger charge is -2.12. The predicted octanol–water partition coefficient (Wildman–Crippen LogP) is 4.71. The van der Waals surface area contributed by atoms with Crippen LogP contribution in [0.25, 0.3) is 0 Å². The van der Waals surface area contributed by atoms with Crippen LogP contribution in [-0.2, 0) is 0 Å². The summed E-state index contributed by atoms with van der Waals surface area (Å²) in [4.78, 5) is 23.7. The molecule has 0 aromatic heterocycles. The van der Waals surface area contributed by atoms with Crippen molar-refractivity contribution in [2.24, 2.45) is 0 Å². The Morgan fingerprint density at radius 2 is 1.52 bits per heavy atom. The van der Waals surface area contributed by atoms with Crippen LogP contribution in [0.1, 0.15) is 20.7 Å². The second-order valence-electron chi connectivity index (χ2n) is 5.48. The lowest BCUT2D eigenvalue weighted by atomic mass is 10.1. The maximum Gasteiger partial charge on any atom is 0.337 e. The zero-order valence-corrected chi connectivity index (χ0v) is 13.8. The molecule has 5 nitrogen and oxygen atoms in total. The number of para-hydroxylation sites is 1. The van der Waals surface area contributed by atoms with Gasteiger partial charge in [0.25, 0.3) is 5.91 Å². The second-order valence-corrected chi connectivity index (χ2v) is 5.48. The van der Waals surface area contributed by atoms with Gasteiger partial charge < -0.3 is 15.2 Å². The molecule has 0 spiro atoms. The summed E-state index contributed by atoms with van der Waals surface area (Å²) < 4.78 is 33.2. The summed E-state index contributed by atoms with van der Waals surface area (Å²) >= 11 is 0. The third kappa shape index (κ3) is 4.09. The number of aromatic carboxylic acids is 1. The molecule has 0 heterocycles. The Hall–Kier alpha value is -3.74. The third-order valence-electron chi connectivity index (χ3n) is 3.64. The van der Waals surface area contributed by atoms with E-state index in [0.717, 1.165) is 18.2 Å². The quantitative estimate of drug-likeness (QED) is 0.683. The predicted molar refractivity (Wildman–Crippen MR) is 94.2 cm³/mol. The van der Waals surface area contributed by atoms with Crippen LogP contribution in [0.3, 0.4) is 0 Å². The van der Waals surface area contributed by atoms with Crippen molar-refractivity contribution in [3.05, 3.63) is 89.5 Å². The first-order chi connectivity index (χ1) is 13.0. The van der Waals surface area contributed by atoms with Crippen molar-refractivity contribution in [3.63, 3.8) is 0 Å². The fourth-order valence-corrected chi connectivity index (χ4v) is 2.40. The summed E-state index contributed by atoms with van der Waals surface area (Å²) in [7, 11) is 0. The van der Waals surface area contributed by atoms with E-state index < -0.39 is 29.1 Å². The Labute approximate surface area is 152 Å². The van der Waals surface area contributed by atoms with E-state index in [4.69, 9.17) is 4.74 Å². The van der Waals surface area contributed by atoms with Gasteiger partial charge in [-0.05, 0) is 36.4 Å². The first-order valence-electron chi connectivity index (χ1n) is 7.81. The van der Waals surface area contributed by atoms with Gasteiger partial charge in [-0.15, -0.1) is 0 Å². The van der Waals surface area contributed by atoms with Gasteiger partial charge in [-0.25, -0.2) is 13.6 Å². The number of carbonyl (C=O) groups is 2. The van der Waals surface area contributed by atoms with Gasteiger partial charge >= 0.3 is 5.97 Å². The number of benzene rings is 3. The molecule has 0 atom stereocenters. The Morgan fingerprint density at radius 1 is 0.852 bits per heavy atom. The number of amides is 1. The SMILES string of the molecule is O=C(O)c1ccc(Oc2ccccc2)cc1NC(=O)c1c(F)cccc1F. The average Bonchev–Trinajstić information content (AvgIpc) is 2.62. The molecule has 0 unspecified atom stereocenters. The molecule has 7 heteroatoms. The minimum absolute atomic E-state index is 0.149. The molecular weight excluding hydrogens is 356 g/mol. The molecule has 2 N–H and O–H groups in total. The minimum atomic E-state index is -1.31. The highest BCUT2D eigenvalue weighted by atomic mass is 19.1. The van der Waals surface area contributed by atoms with Gasteiger partial charge in [0.05, 0.1) is 11.3 Å². The zero-order chi connectivity index (χ0) is 19.4. The fourth-order valence-electron chi connectivity index (χ4n) is 2.40. The summed E-state index contributed by atoms with van der Waals surface area (Å²) in [6, 6.07) is 15.6. The number of carbonyl (C=O) groups excluding carboxylic acids is 1. The normalized spacial score (nSPS) is 10.3. The number of carboxylic acids is 1. The lowest BCUT2D eigenvalue weighted by molar-refractivity contribution is 0.0698. The van der Waals surface area contributed by atoms with Crippen LogP contribution in [0, 0.1) is 11.6 Å². The monoisotopic (exact) mass is 369 g/mol. The number of carboxylic acid groups (broad SMARTS) is 1. The first-order valence-corrected chi connectivity index (χ1v) is 7.81. The van der Waals surface area contributed by atoms with Crippen LogP contribution in [0.15, 0.2) is 66.7 Å². The lowest BCUT2D eigenvalue weighted by Crippen LogP contribution is -2.18. The van der Waals surface area contributed by atoms with E-state index >= 15 is 0 Å². The number of hydrogen-bond acceptors (Lipinski definition) is 3. The van der Waals surface area contributed by atoms with Crippen LogP contribution in [-0.4, -0.2) is 17.0 Å². The number of hydrogen-bond donors (Lipinski definition) is 2. The fraction of sp³-hybridized carbons (Fsp3) is 0. The molecule has 1 amide bonds. The molecule has 0 fully saturated rings. The van der Waals surface area contributed by atoms with Crippen molar-refractivity contribution in [1.29, 1.82) is 0 Å². The van der Waals surface area contributed by atoms with Crippen molar-refractivity contribution >= 4 is 17.6 Å². The van der Waals surface area contributed by atoms with Crippen molar-refractivity contribution in [2.75, 3.05) is 5.32 Å². The van der Waals surface area contributed by atoms with E-state index in [1.54, 1.807) is 30.3 Å². The van der Waals surface area contributed by atoms with Crippen LogP contribution >= 0.6 is 0 Å². The summed E-state index contributed by atoms with van der Waals surface area (Å²) in [6.07, 6.45) is 0. The van der Waals surface area contributed by atoms with Crippen molar-refractivity contribution in [2.45, 2.75) is 0 Å². The van der Waals surface area contributed by atoms with Crippen LogP contribution in [0.5, 0.6) is 11.5 Å². The van der Waals surface area contributed by atoms with Gasteiger partial charge in [0, 0.05) is 6.07 Å². The summed E-state index contributed by atoms with van der Waals surface area (Å²) in [5.41, 5.74) is -1.20. The molecule has 3 aromatic carbocycles. The summed E-state index contributed by atoms with van der Waals surface area (Å²) in [6.45, 7) is 0. The number of anilines is 1. The standard InChI is InChI=1S/C20H13F2NO4/c21-15-7-4-8-16(22)18(15)19(24)23-17-11-13(9-10-14(17)20(25)26)27-12-5-2-1-3-6-12/h1-11H,(H,23,24)(H,25,26). The average molecular weight is 369 g/mol. The first kappa shape index (κ1) is 18.1. The van der Waals surface area contributed by atoms with Crippen LogP contribution in [0.4, 0.5) is 14.5 Å². The molecule has 136 valence electrons. The van der Waals surface area contributed by atoms with Crippen LogP contribution < -0.4 is 10.1 Å². The maximum absolute atomic E-state index is 13.8. The molecule has 3 rings (SSSR count). The van der Waals surface area contributed by atoms with E-state index in [1.807, 2.05) is 0 Å². The molecule has 0 aliphatic rings. The molecule has 3 aromatic rings. The van der Waals surface area contributed by atoms with E-state index in [9.17, 15) is 23.5 Å². The zero-order valence-electron chi connectivity index (χ0n) is 13.8. The van der Waals surface area contributed by atoms with Gasteiger partial charge in [-0.1, -0.05) is 24.3 Å². The van der Waals surface area contributed by atoms with Crippen molar-refractivity contribution < 1.29 is 28.2 Å². The van der Waals surface area contributed by atoms with Crippen molar-refractivity contribution in [3.8, 4) is 11.5 Å². The molecular formula is C20H13F2NO4. The third-order valence-corrected chi connectivity index (χ3v) is 3.64. The molecule has 0 aliphatic heterocycles. The highest BCUT2D eigenvalue weighted by Crippen LogP contribution is 2.28. The summed E-state index contributed by atoms with van der Waals surface area (Å²) in [5, 5.41) is 11.5. The Bertz CT molecular complexity index is 986. The summed E-state index contributed by atoms with van der Waals surface area (Å²) in [5.74, 6) is -3.79. The van der Waals surface area contributed by atoms with E-state index in [2.05, 4.69) is 5.32 Å². The van der Waals surface area contributed by atoms with E-state index in [0.29, 0.717) is 5.75 Å². The minimum Gasteiger partial charge on any atom is -0.478 e. The maximum atomic E-state index is 13.8. The molecule has 27 heavy (non-hydrogen) atoms. The Morgan fingerprint density at radius 3 is 2.15 bits per heavy atom.